The molecule has 2 aromatic rings. The normalized spacial score (nSPS) is 11.1. The van der Waals surface area contributed by atoms with E-state index in [1.807, 2.05) is 19.2 Å². The molecule has 1 heterocycles. The predicted octanol–water partition coefficient (Wildman–Crippen LogP) is 3.81. The molecule has 1 aromatic carbocycles. The first-order valence-electron chi connectivity index (χ1n) is 7.77. The highest BCUT2D eigenvalue weighted by Crippen LogP contribution is 2.11. The maximum absolute atomic E-state index is 13.3. The first-order chi connectivity index (χ1) is 11.1. The van der Waals surface area contributed by atoms with E-state index < -0.39 is 0 Å². The molecule has 4 nitrogen and oxygen atoms in total. The van der Waals surface area contributed by atoms with Crippen molar-refractivity contribution in [2.24, 2.45) is 4.99 Å². The monoisotopic (exact) mass is 462 g/mol. The summed E-state index contributed by atoms with van der Waals surface area (Å²) in [6.07, 6.45) is 2.77. The van der Waals surface area contributed by atoms with Crippen molar-refractivity contribution in [3.8, 4) is 0 Å². The molecule has 0 bridgehead atoms. The molecule has 0 aliphatic carbocycles. The van der Waals surface area contributed by atoms with Crippen molar-refractivity contribution in [2.75, 3.05) is 13.1 Å². The van der Waals surface area contributed by atoms with Crippen LogP contribution >= 0.6 is 35.3 Å². The molecule has 0 unspecified atom stereocenters. The molecule has 0 saturated heterocycles. The van der Waals surface area contributed by atoms with Crippen LogP contribution in [0.15, 0.2) is 29.4 Å². The van der Waals surface area contributed by atoms with E-state index in [9.17, 15) is 4.39 Å². The van der Waals surface area contributed by atoms with Crippen molar-refractivity contribution < 1.29 is 4.39 Å². The lowest BCUT2D eigenvalue weighted by Crippen LogP contribution is -2.38. The van der Waals surface area contributed by atoms with E-state index in [0.717, 1.165) is 36.0 Å². The van der Waals surface area contributed by atoms with Gasteiger partial charge in [-0.2, -0.15) is 0 Å². The lowest BCUT2D eigenvalue weighted by Gasteiger charge is -2.10. The van der Waals surface area contributed by atoms with Crippen LogP contribution < -0.4 is 10.6 Å². The zero-order valence-corrected chi connectivity index (χ0v) is 17.4. The fourth-order valence-electron chi connectivity index (χ4n) is 2.12. The van der Waals surface area contributed by atoms with Gasteiger partial charge in [0, 0.05) is 30.6 Å². The molecule has 2 rings (SSSR count). The summed E-state index contributed by atoms with van der Waals surface area (Å²) in [7, 11) is 0. The first-order valence-corrected chi connectivity index (χ1v) is 8.58. The SMILES string of the molecule is CCNC(=NCc1ccc(F)c(C)c1)NCCc1ncc(C)s1.I. The fraction of sp³-hybridized carbons (Fsp3) is 0.412. The Labute approximate surface area is 164 Å². The van der Waals surface area contributed by atoms with Crippen LogP contribution in [-0.2, 0) is 13.0 Å². The van der Waals surface area contributed by atoms with Gasteiger partial charge in [0.25, 0.3) is 0 Å². The quantitative estimate of drug-likeness (QED) is 0.390. The van der Waals surface area contributed by atoms with Crippen LogP contribution in [-0.4, -0.2) is 24.0 Å². The Morgan fingerprint density at radius 2 is 2.08 bits per heavy atom. The number of hydrogen-bond acceptors (Lipinski definition) is 3. The van der Waals surface area contributed by atoms with Crippen molar-refractivity contribution in [1.82, 2.24) is 15.6 Å². The minimum atomic E-state index is -0.179. The van der Waals surface area contributed by atoms with Crippen LogP contribution in [0.4, 0.5) is 4.39 Å². The Morgan fingerprint density at radius 3 is 2.71 bits per heavy atom. The summed E-state index contributed by atoms with van der Waals surface area (Å²) in [5, 5.41) is 7.65. The molecule has 0 atom stereocenters. The number of aromatic nitrogens is 1. The molecule has 0 spiro atoms. The van der Waals surface area contributed by atoms with E-state index in [1.165, 1.54) is 10.9 Å². The second-order valence-electron chi connectivity index (χ2n) is 5.32. The number of rotatable bonds is 6. The Hall–Kier alpha value is -1.22. The van der Waals surface area contributed by atoms with E-state index in [1.54, 1.807) is 24.3 Å². The molecular formula is C17H24FIN4S. The van der Waals surface area contributed by atoms with E-state index in [2.05, 4.69) is 27.5 Å². The Balaban J connectivity index is 0.00000288. The number of hydrogen-bond donors (Lipinski definition) is 2. The molecule has 24 heavy (non-hydrogen) atoms. The Bertz CT molecular complexity index is 672. The standard InChI is InChI=1S/C17H23FN4S.HI/c1-4-19-17(20-8-7-16-21-10-13(3)23-16)22-11-14-5-6-15(18)12(2)9-14;/h5-6,9-10H,4,7-8,11H2,1-3H3,(H2,19,20,22);1H. The van der Waals surface area contributed by atoms with Crippen molar-refractivity contribution in [3.63, 3.8) is 0 Å². The molecular weight excluding hydrogens is 438 g/mol. The predicted molar refractivity (Wildman–Crippen MR) is 110 cm³/mol. The number of nitrogens with one attached hydrogen (secondary N) is 2. The van der Waals surface area contributed by atoms with Gasteiger partial charge in [0.15, 0.2) is 5.96 Å². The summed E-state index contributed by atoms with van der Waals surface area (Å²) in [5.41, 5.74) is 1.64. The van der Waals surface area contributed by atoms with Gasteiger partial charge in [-0.05, 0) is 38.0 Å². The number of guanidine groups is 1. The van der Waals surface area contributed by atoms with Crippen LogP contribution in [0.2, 0.25) is 0 Å². The van der Waals surface area contributed by atoms with Crippen LogP contribution in [0.1, 0.15) is 27.9 Å². The maximum atomic E-state index is 13.3. The first kappa shape index (κ1) is 20.8. The van der Waals surface area contributed by atoms with Gasteiger partial charge in [-0.25, -0.2) is 14.4 Å². The highest BCUT2D eigenvalue weighted by atomic mass is 127. The molecule has 1 aromatic heterocycles. The van der Waals surface area contributed by atoms with Crippen LogP contribution in [0, 0.1) is 19.7 Å². The Kier molecular flexibility index (Phi) is 9.20. The van der Waals surface area contributed by atoms with Crippen LogP contribution in [0.5, 0.6) is 0 Å². The van der Waals surface area contributed by atoms with Crippen molar-refractivity contribution in [3.05, 3.63) is 51.2 Å². The minimum Gasteiger partial charge on any atom is -0.357 e. The molecule has 132 valence electrons. The summed E-state index contributed by atoms with van der Waals surface area (Å²) < 4.78 is 13.3. The lowest BCUT2D eigenvalue weighted by molar-refractivity contribution is 0.617. The highest BCUT2D eigenvalue weighted by Gasteiger charge is 2.02. The molecule has 0 fully saturated rings. The number of nitrogens with zero attached hydrogens (tertiary/aromatic N) is 2. The lowest BCUT2D eigenvalue weighted by atomic mass is 10.1. The second kappa shape index (κ2) is 10.6. The van der Waals surface area contributed by atoms with Crippen molar-refractivity contribution >= 4 is 41.3 Å². The number of benzene rings is 1. The van der Waals surface area contributed by atoms with Gasteiger partial charge in [0.1, 0.15) is 5.82 Å². The average Bonchev–Trinajstić information content (AvgIpc) is 2.93. The van der Waals surface area contributed by atoms with Gasteiger partial charge in [-0.1, -0.05) is 12.1 Å². The van der Waals surface area contributed by atoms with Crippen LogP contribution in [0.3, 0.4) is 0 Å². The van der Waals surface area contributed by atoms with Gasteiger partial charge in [0.2, 0.25) is 0 Å². The molecule has 0 amide bonds. The number of aliphatic imine (C=N–C) groups is 1. The zero-order valence-electron chi connectivity index (χ0n) is 14.2. The summed E-state index contributed by atoms with van der Waals surface area (Å²) in [6, 6.07) is 5.10. The van der Waals surface area contributed by atoms with Gasteiger partial charge in [0.05, 0.1) is 11.6 Å². The molecule has 0 aliphatic heterocycles. The molecule has 7 heteroatoms. The summed E-state index contributed by atoms with van der Waals surface area (Å²) in [4.78, 5) is 10.1. The third-order valence-corrected chi connectivity index (χ3v) is 4.26. The van der Waals surface area contributed by atoms with Crippen molar-refractivity contribution in [1.29, 1.82) is 0 Å². The summed E-state index contributed by atoms with van der Waals surface area (Å²) in [5.74, 6) is 0.587. The van der Waals surface area contributed by atoms with E-state index >= 15 is 0 Å². The smallest absolute Gasteiger partial charge is 0.191 e. The molecule has 0 aliphatic rings. The van der Waals surface area contributed by atoms with Gasteiger partial charge in [-0.3, -0.25) is 0 Å². The summed E-state index contributed by atoms with van der Waals surface area (Å²) in [6.45, 7) is 7.95. The van der Waals surface area contributed by atoms with Gasteiger partial charge in [-0.15, -0.1) is 35.3 Å². The summed E-state index contributed by atoms with van der Waals surface area (Å²) >= 11 is 1.72. The highest BCUT2D eigenvalue weighted by molar-refractivity contribution is 14.0. The molecule has 0 saturated carbocycles. The molecule has 0 radical (unpaired) electrons. The zero-order chi connectivity index (χ0) is 16.7. The van der Waals surface area contributed by atoms with E-state index in [4.69, 9.17) is 0 Å². The minimum absolute atomic E-state index is 0. The van der Waals surface area contributed by atoms with Gasteiger partial charge < -0.3 is 10.6 Å². The number of aryl methyl sites for hydroxylation is 2. The fourth-order valence-corrected chi connectivity index (χ4v) is 2.91. The van der Waals surface area contributed by atoms with E-state index in [0.29, 0.717) is 12.1 Å². The molecule has 2 N–H and O–H groups in total. The maximum Gasteiger partial charge on any atom is 0.191 e. The third-order valence-electron chi connectivity index (χ3n) is 3.29. The largest absolute Gasteiger partial charge is 0.357 e. The van der Waals surface area contributed by atoms with E-state index in [-0.39, 0.29) is 29.8 Å². The Morgan fingerprint density at radius 1 is 1.29 bits per heavy atom. The van der Waals surface area contributed by atoms with Crippen LogP contribution in [0.25, 0.3) is 0 Å². The second-order valence-corrected chi connectivity index (χ2v) is 6.64. The average molecular weight is 462 g/mol. The topological polar surface area (TPSA) is 49.3 Å². The number of thiazole rings is 1. The van der Waals surface area contributed by atoms with Crippen molar-refractivity contribution in [2.45, 2.75) is 33.7 Å². The number of halogens is 2. The van der Waals surface area contributed by atoms with Gasteiger partial charge >= 0.3 is 0 Å². The third kappa shape index (κ3) is 6.72.